The van der Waals surface area contributed by atoms with Crippen LogP contribution in [0.15, 0.2) is 36.4 Å². The number of nitrogens with zero attached hydrogens (tertiary/aromatic N) is 2. The fraction of sp³-hybridized carbons (Fsp3) is 0.524. The van der Waals surface area contributed by atoms with Gasteiger partial charge in [0, 0.05) is 39.3 Å². The number of carboxylic acids is 1. The number of hydrogen-bond donors (Lipinski definition) is 4. The van der Waals surface area contributed by atoms with E-state index in [1.54, 1.807) is 18.2 Å². The van der Waals surface area contributed by atoms with Gasteiger partial charge in [0.25, 0.3) is 0 Å². The predicted molar refractivity (Wildman–Crippen MR) is 109 cm³/mol. The number of aliphatic carboxylic acids is 1. The molecule has 1 aromatic carbocycles. The minimum atomic E-state index is -0.961. The maximum Gasteiger partial charge on any atom is 0.307 e. The highest BCUT2D eigenvalue weighted by Crippen LogP contribution is 2.27. The van der Waals surface area contributed by atoms with Crippen LogP contribution >= 0.6 is 0 Å². The van der Waals surface area contributed by atoms with Gasteiger partial charge in [-0.15, -0.1) is 0 Å². The Hall–Kier alpha value is -2.58. The maximum absolute atomic E-state index is 12.4. The number of carbonyl (C=O) groups excluding carboxylic acids is 1. The number of anilines is 1. The van der Waals surface area contributed by atoms with Crippen molar-refractivity contribution in [1.82, 2.24) is 10.2 Å². The van der Waals surface area contributed by atoms with Crippen molar-refractivity contribution in [3.8, 4) is 5.75 Å². The smallest absolute Gasteiger partial charge is 0.307 e. The number of phenols is 1. The van der Waals surface area contributed by atoms with Gasteiger partial charge in [-0.3, -0.25) is 14.5 Å². The van der Waals surface area contributed by atoms with Crippen LogP contribution in [0.4, 0.5) is 5.69 Å². The van der Waals surface area contributed by atoms with Crippen molar-refractivity contribution < 1.29 is 24.9 Å². The molecule has 1 aliphatic carbocycles. The Balaban J connectivity index is 1.42. The molecular weight excluding hydrogens is 374 g/mol. The molecule has 0 radical (unpaired) electrons. The number of amides is 1. The molecule has 0 spiro atoms. The van der Waals surface area contributed by atoms with E-state index >= 15 is 0 Å². The monoisotopic (exact) mass is 403 g/mol. The fourth-order valence-corrected chi connectivity index (χ4v) is 3.99. The summed E-state index contributed by atoms with van der Waals surface area (Å²) in [7, 11) is 0. The summed E-state index contributed by atoms with van der Waals surface area (Å²) in [5.74, 6) is -2.31. The Kier molecular flexibility index (Phi) is 7.11. The van der Waals surface area contributed by atoms with Gasteiger partial charge in [0.1, 0.15) is 5.75 Å². The SMILES string of the molecule is O=C(O)C1CC=CCC1C(=O)NCC(O)CN1CCN(c2ccccc2O)CC1. The number of nitrogens with one attached hydrogen (secondary N) is 1. The molecule has 1 aliphatic heterocycles. The molecule has 4 N–H and O–H groups in total. The summed E-state index contributed by atoms with van der Waals surface area (Å²) in [6.07, 6.45) is 3.68. The number of rotatable bonds is 7. The second-order valence-electron chi connectivity index (χ2n) is 7.67. The number of aliphatic hydroxyl groups excluding tert-OH is 1. The van der Waals surface area contributed by atoms with Gasteiger partial charge in [-0.25, -0.2) is 0 Å². The number of carbonyl (C=O) groups is 2. The zero-order chi connectivity index (χ0) is 20.8. The van der Waals surface area contributed by atoms with E-state index in [0.717, 1.165) is 31.9 Å². The van der Waals surface area contributed by atoms with Crippen molar-refractivity contribution in [1.29, 1.82) is 0 Å². The molecule has 1 amide bonds. The molecule has 1 aromatic rings. The molecule has 0 bridgehead atoms. The van der Waals surface area contributed by atoms with Crippen LogP contribution in [0.1, 0.15) is 12.8 Å². The van der Waals surface area contributed by atoms with E-state index in [0.29, 0.717) is 19.4 Å². The molecule has 0 saturated carbocycles. The zero-order valence-electron chi connectivity index (χ0n) is 16.4. The normalized spacial score (nSPS) is 23.6. The topological polar surface area (TPSA) is 113 Å². The largest absolute Gasteiger partial charge is 0.506 e. The van der Waals surface area contributed by atoms with E-state index in [4.69, 9.17) is 0 Å². The summed E-state index contributed by atoms with van der Waals surface area (Å²) in [6.45, 7) is 3.51. The molecule has 3 atom stereocenters. The third-order valence-corrected chi connectivity index (χ3v) is 5.66. The van der Waals surface area contributed by atoms with Gasteiger partial charge >= 0.3 is 5.97 Å². The summed E-state index contributed by atoms with van der Waals surface area (Å²) < 4.78 is 0. The van der Waals surface area contributed by atoms with Gasteiger partial charge in [-0.05, 0) is 25.0 Å². The molecule has 1 saturated heterocycles. The Bertz CT molecular complexity index is 746. The van der Waals surface area contributed by atoms with E-state index in [1.165, 1.54) is 0 Å². The lowest BCUT2D eigenvalue weighted by molar-refractivity contribution is -0.147. The summed E-state index contributed by atoms with van der Waals surface area (Å²) in [5, 5.41) is 32.3. The highest BCUT2D eigenvalue weighted by atomic mass is 16.4. The number of piperazine rings is 1. The number of aromatic hydroxyl groups is 1. The minimum Gasteiger partial charge on any atom is -0.506 e. The molecule has 1 heterocycles. The average molecular weight is 403 g/mol. The second kappa shape index (κ2) is 9.76. The number of allylic oxidation sites excluding steroid dienone is 2. The Morgan fingerprint density at radius 1 is 1.07 bits per heavy atom. The Morgan fingerprint density at radius 2 is 1.72 bits per heavy atom. The van der Waals surface area contributed by atoms with Gasteiger partial charge in [-0.1, -0.05) is 24.3 Å². The van der Waals surface area contributed by atoms with Crippen LogP contribution in [-0.4, -0.2) is 77.5 Å². The van der Waals surface area contributed by atoms with Gasteiger partial charge in [0.2, 0.25) is 5.91 Å². The van der Waals surface area contributed by atoms with Crippen LogP contribution in [0, 0.1) is 11.8 Å². The molecule has 8 heteroatoms. The quantitative estimate of drug-likeness (QED) is 0.495. The van der Waals surface area contributed by atoms with Gasteiger partial charge in [0.05, 0.1) is 23.6 Å². The van der Waals surface area contributed by atoms with Gasteiger partial charge < -0.3 is 25.5 Å². The number of hydrogen-bond acceptors (Lipinski definition) is 6. The standard InChI is InChI=1S/C21H29N3O5/c25-15(13-22-20(27)16-5-1-2-6-17(16)21(28)29)14-23-9-11-24(12-10-23)18-7-3-4-8-19(18)26/h1-4,7-8,15-17,25-26H,5-6,9-14H2,(H,22,27)(H,28,29). The van der Waals surface area contributed by atoms with E-state index in [2.05, 4.69) is 15.1 Å². The molecule has 158 valence electrons. The summed E-state index contributed by atoms with van der Waals surface area (Å²) in [4.78, 5) is 27.9. The van der Waals surface area contributed by atoms with Crippen molar-refractivity contribution in [3.05, 3.63) is 36.4 Å². The van der Waals surface area contributed by atoms with Crippen LogP contribution in [-0.2, 0) is 9.59 Å². The van der Waals surface area contributed by atoms with Crippen molar-refractivity contribution in [2.45, 2.75) is 18.9 Å². The first-order valence-corrected chi connectivity index (χ1v) is 10.0. The van der Waals surface area contributed by atoms with Crippen molar-refractivity contribution in [2.75, 3.05) is 44.2 Å². The molecular formula is C21H29N3O5. The first-order chi connectivity index (χ1) is 14.0. The average Bonchev–Trinajstić information content (AvgIpc) is 2.73. The lowest BCUT2D eigenvalue weighted by atomic mass is 9.82. The Labute approximate surface area is 170 Å². The molecule has 3 rings (SSSR count). The summed E-state index contributed by atoms with van der Waals surface area (Å²) in [5.41, 5.74) is 0.814. The molecule has 2 aliphatic rings. The fourth-order valence-electron chi connectivity index (χ4n) is 3.99. The van der Waals surface area contributed by atoms with Gasteiger partial charge in [0.15, 0.2) is 0 Å². The molecule has 3 unspecified atom stereocenters. The second-order valence-corrected chi connectivity index (χ2v) is 7.67. The number of phenolic OH excluding ortho intramolecular Hbond substituents is 1. The lowest BCUT2D eigenvalue weighted by Gasteiger charge is -2.37. The lowest BCUT2D eigenvalue weighted by Crippen LogP contribution is -2.50. The van der Waals surface area contributed by atoms with Crippen LogP contribution in [0.3, 0.4) is 0 Å². The molecule has 8 nitrogen and oxygen atoms in total. The van der Waals surface area contributed by atoms with Crippen LogP contribution < -0.4 is 10.2 Å². The highest BCUT2D eigenvalue weighted by molar-refractivity contribution is 5.85. The summed E-state index contributed by atoms with van der Waals surface area (Å²) in [6, 6.07) is 7.25. The van der Waals surface area contributed by atoms with Gasteiger partial charge in [-0.2, -0.15) is 0 Å². The number of benzene rings is 1. The van der Waals surface area contributed by atoms with E-state index in [1.807, 2.05) is 18.2 Å². The van der Waals surface area contributed by atoms with Crippen LogP contribution in [0.2, 0.25) is 0 Å². The van der Waals surface area contributed by atoms with Crippen molar-refractivity contribution in [2.24, 2.45) is 11.8 Å². The Morgan fingerprint density at radius 3 is 2.38 bits per heavy atom. The number of β-amino-alcohol motifs (C(OH)–C–C–N with tert-alkyl or cyclic N) is 1. The third kappa shape index (κ3) is 5.48. The van der Waals surface area contributed by atoms with Crippen LogP contribution in [0.25, 0.3) is 0 Å². The van der Waals surface area contributed by atoms with E-state index in [9.17, 15) is 24.9 Å². The van der Waals surface area contributed by atoms with E-state index in [-0.39, 0.29) is 18.2 Å². The maximum atomic E-state index is 12.4. The zero-order valence-corrected chi connectivity index (χ0v) is 16.4. The molecule has 29 heavy (non-hydrogen) atoms. The first-order valence-electron chi connectivity index (χ1n) is 10.0. The molecule has 1 fully saturated rings. The van der Waals surface area contributed by atoms with Crippen molar-refractivity contribution in [3.63, 3.8) is 0 Å². The van der Waals surface area contributed by atoms with Crippen LogP contribution in [0.5, 0.6) is 5.75 Å². The number of para-hydroxylation sites is 2. The number of aliphatic hydroxyl groups is 1. The highest BCUT2D eigenvalue weighted by Gasteiger charge is 2.34. The third-order valence-electron chi connectivity index (χ3n) is 5.66. The van der Waals surface area contributed by atoms with Crippen molar-refractivity contribution >= 4 is 17.6 Å². The first kappa shape index (κ1) is 21.1. The number of carboxylic acid groups (broad SMARTS) is 1. The minimum absolute atomic E-state index is 0.102. The van der Waals surface area contributed by atoms with E-state index < -0.39 is 23.9 Å². The summed E-state index contributed by atoms with van der Waals surface area (Å²) >= 11 is 0. The predicted octanol–water partition coefficient (Wildman–Crippen LogP) is 0.658. The molecule has 0 aromatic heterocycles.